The zero-order valence-corrected chi connectivity index (χ0v) is 10.1. The van der Waals surface area contributed by atoms with Crippen LogP contribution < -0.4 is 15.8 Å². The van der Waals surface area contributed by atoms with E-state index in [1.165, 1.54) is 7.11 Å². The molecule has 0 bridgehead atoms. The van der Waals surface area contributed by atoms with Gasteiger partial charge in [0, 0.05) is 24.7 Å². The highest BCUT2D eigenvalue weighted by Crippen LogP contribution is 2.21. The van der Waals surface area contributed by atoms with E-state index < -0.39 is 5.97 Å². The fourth-order valence-electron chi connectivity index (χ4n) is 1.43. The molecule has 0 heterocycles. The minimum Gasteiger partial charge on any atom is -0.496 e. The molecule has 98 valence electrons. The van der Waals surface area contributed by atoms with Gasteiger partial charge in [-0.15, -0.1) is 0 Å². The second-order valence-corrected chi connectivity index (χ2v) is 3.71. The summed E-state index contributed by atoms with van der Waals surface area (Å²) in [5.41, 5.74) is 6.47. The quantitative estimate of drug-likeness (QED) is 0.515. The molecule has 0 atom stereocenters. The van der Waals surface area contributed by atoms with Crippen LogP contribution in [0, 0.1) is 0 Å². The standard InChI is InChI=1S/C12H16N2O4/c1-18-10-7-8(13)4-5-9(10)12(17)14-6-2-3-11(15)16/h4-5,7H,2-3,6,13H2,1H3,(H,14,17)(H,15,16). The van der Waals surface area contributed by atoms with Crippen molar-refractivity contribution < 1.29 is 19.4 Å². The van der Waals surface area contributed by atoms with Crippen LogP contribution in [0.3, 0.4) is 0 Å². The molecule has 0 aromatic heterocycles. The predicted molar refractivity (Wildman–Crippen MR) is 66.6 cm³/mol. The number of carbonyl (C=O) groups excluding carboxylic acids is 1. The molecule has 0 fully saturated rings. The minimum absolute atomic E-state index is 0.0269. The molecule has 0 aliphatic carbocycles. The molecule has 4 N–H and O–H groups in total. The van der Waals surface area contributed by atoms with Crippen molar-refractivity contribution in [3.05, 3.63) is 23.8 Å². The number of rotatable bonds is 6. The molecule has 1 aromatic carbocycles. The van der Waals surface area contributed by atoms with Crippen molar-refractivity contribution in [3.8, 4) is 5.75 Å². The zero-order chi connectivity index (χ0) is 13.5. The van der Waals surface area contributed by atoms with Crippen LogP contribution in [0.1, 0.15) is 23.2 Å². The van der Waals surface area contributed by atoms with Gasteiger partial charge >= 0.3 is 5.97 Å². The fraction of sp³-hybridized carbons (Fsp3) is 0.333. The van der Waals surface area contributed by atoms with Crippen LogP contribution in [-0.2, 0) is 4.79 Å². The highest BCUT2D eigenvalue weighted by molar-refractivity contribution is 5.97. The molecular weight excluding hydrogens is 236 g/mol. The summed E-state index contributed by atoms with van der Waals surface area (Å²) >= 11 is 0. The number of nitrogens with one attached hydrogen (secondary N) is 1. The third-order valence-corrected chi connectivity index (χ3v) is 2.32. The maximum Gasteiger partial charge on any atom is 0.303 e. The number of carboxylic acids is 1. The summed E-state index contributed by atoms with van der Waals surface area (Å²) < 4.78 is 5.06. The van der Waals surface area contributed by atoms with Gasteiger partial charge in [0.1, 0.15) is 5.75 Å². The van der Waals surface area contributed by atoms with Crippen molar-refractivity contribution in [1.82, 2.24) is 5.32 Å². The number of carbonyl (C=O) groups is 2. The van der Waals surface area contributed by atoms with Crippen molar-refractivity contribution in [3.63, 3.8) is 0 Å². The Morgan fingerprint density at radius 2 is 2.17 bits per heavy atom. The Balaban J connectivity index is 2.58. The lowest BCUT2D eigenvalue weighted by Crippen LogP contribution is -2.25. The maximum atomic E-state index is 11.8. The van der Waals surface area contributed by atoms with Crippen molar-refractivity contribution >= 4 is 17.6 Å². The first kappa shape index (κ1) is 13.8. The Labute approximate surface area is 105 Å². The molecule has 6 nitrogen and oxygen atoms in total. The Hall–Kier alpha value is -2.24. The van der Waals surface area contributed by atoms with Gasteiger partial charge in [-0.1, -0.05) is 0 Å². The molecule has 1 amide bonds. The number of hydrogen-bond acceptors (Lipinski definition) is 4. The third-order valence-electron chi connectivity index (χ3n) is 2.32. The van der Waals surface area contributed by atoms with E-state index in [1.807, 2.05) is 0 Å². The Morgan fingerprint density at radius 3 is 2.78 bits per heavy atom. The number of anilines is 1. The summed E-state index contributed by atoms with van der Waals surface area (Å²) in [4.78, 5) is 22.1. The monoisotopic (exact) mass is 252 g/mol. The van der Waals surface area contributed by atoms with Crippen LogP contribution in [0.15, 0.2) is 18.2 Å². The molecule has 0 aliphatic heterocycles. The lowest BCUT2D eigenvalue weighted by molar-refractivity contribution is -0.137. The van der Waals surface area contributed by atoms with Crippen LogP contribution in [-0.4, -0.2) is 30.6 Å². The number of ether oxygens (including phenoxy) is 1. The van der Waals surface area contributed by atoms with Crippen LogP contribution in [0.4, 0.5) is 5.69 Å². The smallest absolute Gasteiger partial charge is 0.303 e. The van der Waals surface area contributed by atoms with Gasteiger partial charge in [-0.2, -0.15) is 0 Å². The van der Waals surface area contributed by atoms with E-state index >= 15 is 0 Å². The van der Waals surface area contributed by atoms with E-state index in [9.17, 15) is 9.59 Å². The minimum atomic E-state index is -0.880. The molecule has 0 aliphatic rings. The van der Waals surface area contributed by atoms with Crippen LogP contribution >= 0.6 is 0 Å². The summed E-state index contributed by atoms with van der Waals surface area (Å²) in [6.45, 7) is 0.304. The lowest BCUT2D eigenvalue weighted by Gasteiger charge is -2.09. The fourth-order valence-corrected chi connectivity index (χ4v) is 1.43. The lowest BCUT2D eigenvalue weighted by atomic mass is 10.1. The van der Waals surface area contributed by atoms with Gasteiger partial charge in [0.15, 0.2) is 0 Å². The number of hydrogen-bond donors (Lipinski definition) is 3. The van der Waals surface area contributed by atoms with Gasteiger partial charge in [-0.05, 0) is 18.6 Å². The van der Waals surface area contributed by atoms with E-state index in [0.717, 1.165) is 0 Å². The van der Waals surface area contributed by atoms with Gasteiger partial charge in [0.25, 0.3) is 5.91 Å². The molecule has 6 heteroatoms. The van der Waals surface area contributed by atoms with Crippen molar-refractivity contribution in [2.45, 2.75) is 12.8 Å². The summed E-state index contributed by atoms with van der Waals surface area (Å²) in [6.07, 6.45) is 0.414. The molecule has 18 heavy (non-hydrogen) atoms. The number of carboxylic acid groups (broad SMARTS) is 1. The molecule has 0 saturated carbocycles. The largest absolute Gasteiger partial charge is 0.496 e. The van der Waals surface area contributed by atoms with Crippen molar-refractivity contribution in [1.29, 1.82) is 0 Å². The SMILES string of the molecule is COc1cc(N)ccc1C(=O)NCCCC(=O)O. The van der Waals surface area contributed by atoms with Gasteiger partial charge in [0.2, 0.25) is 0 Å². The second kappa shape index (κ2) is 6.48. The zero-order valence-electron chi connectivity index (χ0n) is 10.1. The number of benzene rings is 1. The van der Waals surface area contributed by atoms with Crippen molar-refractivity contribution in [2.24, 2.45) is 0 Å². The predicted octanol–water partition coefficient (Wildman–Crippen LogP) is 0.872. The highest BCUT2D eigenvalue weighted by atomic mass is 16.5. The molecule has 0 spiro atoms. The van der Waals surface area contributed by atoms with Crippen LogP contribution in [0.5, 0.6) is 5.75 Å². The van der Waals surface area contributed by atoms with Gasteiger partial charge in [0.05, 0.1) is 12.7 Å². The average Bonchev–Trinajstić information content (AvgIpc) is 2.33. The Kier molecular flexibility index (Phi) is 4.98. The first-order valence-electron chi connectivity index (χ1n) is 5.48. The number of amides is 1. The third kappa shape index (κ3) is 3.97. The Morgan fingerprint density at radius 1 is 1.44 bits per heavy atom. The molecule has 0 radical (unpaired) electrons. The van der Waals surface area contributed by atoms with Gasteiger partial charge in [-0.3, -0.25) is 9.59 Å². The molecular formula is C12H16N2O4. The van der Waals surface area contributed by atoms with Gasteiger partial charge < -0.3 is 20.9 Å². The van der Waals surface area contributed by atoms with Crippen molar-refractivity contribution in [2.75, 3.05) is 19.4 Å². The van der Waals surface area contributed by atoms with Gasteiger partial charge in [-0.25, -0.2) is 0 Å². The summed E-state index contributed by atoms with van der Waals surface area (Å²) in [5, 5.41) is 11.1. The molecule has 0 saturated heterocycles. The maximum absolute atomic E-state index is 11.8. The van der Waals surface area contributed by atoms with E-state index in [1.54, 1.807) is 18.2 Å². The van der Waals surface area contributed by atoms with Crippen LogP contribution in [0.25, 0.3) is 0 Å². The molecule has 1 rings (SSSR count). The molecule has 1 aromatic rings. The van der Waals surface area contributed by atoms with E-state index in [0.29, 0.717) is 30.0 Å². The number of aliphatic carboxylic acids is 1. The first-order valence-corrected chi connectivity index (χ1v) is 5.48. The van der Waals surface area contributed by atoms with Crippen LogP contribution in [0.2, 0.25) is 0 Å². The number of methoxy groups -OCH3 is 1. The topological polar surface area (TPSA) is 102 Å². The number of nitrogens with two attached hydrogens (primary N) is 1. The Bertz CT molecular complexity index is 446. The summed E-state index contributed by atoms with van der Waals surface area (Å²) in [7, 11) is 1.45. The average molecular weight is 252 g/mol. The van der Waals surface area contributed by atoms with E-state index in [4.69, 9.17) is 15.6 Å². The summed E-state index contributed by atoms with van der Waals surface area (Å²) in [6, 6.07) is 4.74. The second-order valence-electron chi connectivity index (χ2n) is 3.71. The summed E-state index contributed by atoms with van der Waals surface area (Å²) in [5.74, 6) is -0.794. The normalized spacial score (nSPS) is 9.83. The van der Waals surface area contributed by atoms with E-state index in [-0.39, 0.29) is 12.3 Å². The molecule has 0 unspecified atom stereocenters. The number of nitrogen functional groups attached to an aromatic ring is 1. The highest BCUT2D eigenvalue weighted by Gasteiger charge is 2.11. The van der Waals surface area contributed by atoms with E-state index in [2.05, 4.69) is 5.32 Å². The first-order chi connectivity index (χ1) is 8.54.